The van der Waals surface area contributed by atoms with Gasteiger partial charge in [-0.25, -0.2) is 8.78 Å². The molecule has 0 saturated heterocycles. The lowest BCUT2D eigenvalue weighted by Crippen LogP contribution is -2.14. The Morgan fingerprint density at radius 1 is 1.05 bits per heavy atom. The molecule has 0 bridgehead atoms. The SMILES string of the molecule is O=C(COc1cccc(F)c1)Cc1ccccc1F. The zero-order valence-corrected chi connectivity index (χ0v) is 10.1. The van der Waals surface area contributed by atoms with Gasteiger partial charge in [0.05, 0.1) is 0 Å². The zero-order chi connectivity index (χ0) is 13.7. The minimum absolute atomic E-state index is 0.0397. The van der Waals surface area contributed by atoms with Gasteiger partial charge >= 0.3 is 0 Å². The Kier molecular flexibility index (Phi) is 4.23. The third-order valence-electron chi connectivity index (χ3n) is 2.54. The lowest BCUT2D eigenvalue weighted by molar-refractivity contribution is -0.120. The topological polar surface area (TPSA) is 26.3 Å². The van der Waals surface area contributed by atoms with E-state index in [9.17, 15) is 13.6 Å². The van der Waals surface area contributed by atoms with Crippen LogP contribution in [0, 0.1) is 11.6 Å². The standard InChI is InChI=1S/C15H12F2O2/c16-12-5-3-6-14(9-12)19-10-13(18)8-11-4-1-2-7-15(11)17/h1-7,9H,8,10H2. The third kappa shape index (κ3) is 3.88. The number of carbonyl (C=O) groups is 1. The highest BCUT2D eigenvalue weighted by Gasteiger charge is 2.08. The third-order valence-corrected chi connectivity index (χ3v) is 2.54. The molecule has 0 aliphatic carbocycles. The second-order valence-corrected chi connectivity index (χ2v) is 4.05. The Morgan fingerprint density at radius 2 is 1.84 bits per heavy atom. The number of ketones is 1. The summed E-state index contributed by atoms with van der Waals surface area (Å²) >= 11 is 0. The van der Waals surface area contributed by atoms with Crippen molar-refractivity contribution in [1.29, 1.82) is 0 Å². The Labute approximate surface area is 109 Å². The van der Waals surface area contributed by atoms with Crippen molar-refractivity contribution in [2.45, 2.75) is 6.42 Å². The quantitative estimate of drug-likeness (QED) is 0.827. The second-order valence-electron chi connectivity index (χ2n) is 4.05. The van der Waals surface area contributed by atoms with Gasteiger partial charge < -0.3 is 4.74 Å². The highest BCUT2D eigenvalue weighted by molar-refractivity contribution is 5.82. The first-order valence-electron chi connectivity index (χ1n) is 5.78. The van der Waals surface area contributed by atoms with Crippen LogP contribution >= 0.6 is 0 Å². The van der Waals surface area contributed by atoms with Crippen molar-refractivity contribution in [2.75, 3.05) is 6.61 Å². The number of Topliss-reactive ketones (excluding diaryl/α,β-unsaturated/α-hetero) is 1. The number of carbonyl (C=O) groups excluding carboxylic acids is 1. The number of ether oxygens (including phenoxy) is 1. The minimum atomic E-state index is -0.431. The molecule has 2 rings (SSSR count). The first-order chi connectivity index (χ1) is 9.15. The smallest absolute Gasteiger partial charge is 0.174 e. The number of halogens is 2. The van der Waals surface area contributed by atoms with Crippen molar-refractivity contribution in [3.05, 3.63) is 65.7 Å². The van der Waals surface area contributed by atoms with Crippen LogP contribution in [0.1, 0.15) is 5.56 Å². The second kappa shape index (κ2) is 6.09. The highest BCUT2D eigenvalue weighted by atomic mass is 19.1. The van der Waals surface area contributed by atoms with Gasteiger partial charge in [-0.1, -0.05) is 24.3 Å². The van der Waals surface area contributed by atoms with Crippen LogP contribution in [0.2, 0.25) is 0 Å². The van der Waals surface area contributed by atoms with Gasteiger partial charge in [0.1, 0.15) is 24.0 Å². The molecule has 2 nitrogen and oxygen atoms in total. The van der Waals surface area contributed by atoms with Crippen molar-refractivity contribution in [2.24, 2.45) is 0 Å². The molecule has 0 amide bonds. The molecule has 98 valence electrons. The van der Waals surface area contributed by atoms with E-state index in [1.807, 2.05) is 0 Å². The fourth-order valence-electron chi connectivity index (χ4n) is 1.63. The predicted molar refractivity (Wildman–Crippen MR) is 67.0 cm³/mol. The fraction of sp³-hybridized carbons (Fsp3) is 0.133. The molecule has 0 radical (unpaired) electrons. The molecule has 19 heavy (non-hydrogen) atoms. The van der Waals surface area contributed by atoms with E-state index in [0.29, 0.717) is 5.56 Å². The summed E-state index contributed by atoms with van der Waals surface area (Å²) in [6.07, 6.45) is -0.0397. The van der Waals surface area contributed by atoms with E-state index >= 15 is 0 Å². The van der Waals surface area contributed by atoms with Gasteiger partial charge in [-0.2, -0.15) is 0 Å². The van der Waals surface area contributed by atoms with E-state index in [2.05, 4.69) is 0 Å². The van der Waals surface area contributed by atoms with E-state index in [0.717, 1.165) is 0 Å². The molecule has 2 aromatic rings. The van der Waals surface area contributed by atoms with Gasteiger partial charge in [0.15, 0.2) is 5.78 Å². The van der Waals surface area contributed by atoms with Crippen LogP contribution in [0.15, 0.2) is 48.5 Å². The molecule has 0 spiro atoms. The van der Waals surface area contributed by atoms with Crippen LogP contribution in [0.4, 0.5) is 8.78 Å². The molecule has 0 saturated carbocycles. The average molecular weight is 262 g/mol. The number of hydrogen-bond donors (Lipinski definition) is 0. The van der Waals surface area contributed by atoms with Gasteiger partial charge in [-0.05, 0) is 23.8 Å². The molecule has 2 aromatic carbocycles. The molecule has 4 heteroatoms. The number of rotatable bonds is 5. The lowest BCUT2D eigenvalue weighted by atomic mass is 10.1. The van der Waals surface area contributed by atoms with Gasteiger partial charge in [0.2, 0.25) is 0 Å². The average Bonchev–Trinajstić information content (AvgIpc) is 2.39. The Morgan fingerprint density at radius 3 is 2.58 bits per heavy atom. The summed E-state index contributed by atoms with van der Waals surface area (Å²) < 4.78 is 31.3. The van der Waals surface area contributed by atoms with Gasteiger partial charge in [0, 0.05) is 12.5 Å². The van der Waals surface area contributed by atoms with Crippen molar-refractivity contribution >= 4 is 5.78 Å². The Balaban J connectivity index is 1.90. The molecular weight excluding hydrogens is 250 g/mol. The van der Waals surface area contributed by atoms with Crippen molar-refractivity contribution in [3.8, 4) is 5.75 Å². The van der Waals surface area contributed by atoms with Crippen LogP contribution in [-0.2, 0) is 11.2 Å². The zero-order valence-electron chi connectivity index (χ0n) is 10.1. The molecule has 0 heterocycles. The van der Waals surface area contributed by atoms with E-state index in [1.165, 1.54) is 24.3 Å². The van der Waals surface area contributed by atoms with Gasteiger partial charge in [-0.3, -0.25) is 4.79 Å². The van der Waals surface area contributed by atoms with Crippen LogP contribution < -0.4 is 4.74 Å². The normalized spacial score (nSPS) is 10.2. The molecule has 0 unspecified atom stereocenters. The van der Waals surface area contributed by atoms with Crippen LogP contribution in [0.3, 0.4) is 0 Å². The van der Waals surface area contributed by atoms with E-state index < -0.39 is 11.6 Å². The fourth-order valence-corrected chi connectivity index (χ4v) is 1.63. The van der Waals surface area contributed by atoms with Crippen LogP contribution in [0.25, 0.3) is 0 Å². The van der Waals surface area contributed by atoms with Crippen molar-refractivity contribution < 1.29 is 18.3 Å². The summed E-state index contributed by atoms with van der Waals surface area (Å²) in [5.74, 6) is -0.836. The lowest BCUT2D eigenvalue weighted by Gasteiger charge is -2.06. The summed E-state index contributed by atoms with van der Waals surface area (Å²) in [4.78, 5) is 11.6. The molecule has 0 fully saturated rings. The molecule has 0 aliphatic rings. The largest absolute Gasteiger partial charge is 0.486 e. The van der Waals surface area contributed by atoms with Crippen molar-refractivity contribution in [1.82, 2.24) is 0 Å². The highest BCUT2D eigenvalue weighted by Crippen LogP contribution is 2.12. The van der Waals surface area contributed by atoms with Gasteiger partial charge in [0.25, 0.3) is 0 Å². The van der Waals surface area contributed by atoms with Crippen LogP contribution in [-0.4, -0.2) is 12.4 Å². The Bertz CT molecular complexity index is 582. The van der Waals surface area contributed by atoms with E-state index in [-0.39, 0.29) is 24.6 Å². The van der Waals surface area contributed by atoms with E-state index in [1.54, 1.807) is 24.3 Å². The first kappa shape index (κ1) is 13.2. The van der Waals surface area contributed by atoms with Gasteiger partial charge in [-0.15, -0.1) is 0 Å². The summed E-state index contributed by atoms with van der Waals surface area (Å²) in [5, 5.41) is 0. The maximum Gasteiger partial charge on any atom is 0.174 e. The molecule has 0 N–H and O–H groups in total. The number of benzene rings is 2. The maximum atomic E-state index is 13.3. The molecular formula is C15H12F2O2. The number of hydrogen-bond acceptors (Lipinski definition) is 2. The summed E-state index contributed by atoms with van der Waals surface area (Å²) in [7, 11) is 0. The molecule has 0 atom stereocenters. The minimum Gasteiger partial charge on any atom is -0.486 e. The maximum absolute atomic E-state index is 13.3. The monoisotopic (exact) mass is 262 g/mol. The summed E-state index contributed by atoms with van der Waals surface area (Å²) in [5.41, 5.74) is 0.329. The van der Waals surface area contributed by atoms with E-state index in [4.69, 9.17) is 4.74 Å². The van der Waals surface area contributed by atoms with Crippen molar-refractivity contribution in [3.63, 3.8) is 0 Å². The molecule has 0 aromatic heterocycles. The summed E-state index contributed by atoms with van der Waals surface area (Å²) in [6, 6.07) is 11.6. The first-order valence-corrected chi connectivity index (χ1v) is 5.78. The predicted octanol–water partition coefficient (Wildman–Crippen LogP) is 3.16. The summed E-state index contributed by atoms with van der Waals surface area (Å²) in [6.45, 7) is -0.211. The Hall–Kier alpha value is -2.23. The van der Waals surface area contributed by atoms with Crippen LogP contribution in [0.5, 0.6) is 5.75 Å². The molecule has 0 aliphatic heterocycles.